The maximum Gasteiger partial charge on any atom is 0.255 e. The van der Waals surface area contributed by atoms with Gasteiger partial charge in [0.25, 0.3) is 11.8 Å². The molecule has 0 aliphatic carbocycles. The molecule has 0 bridgehead atoms. The Bertz CT molecular complexity index is 530. The van der Waals surface area contributed by atoms with Gasteiger partial charge in [-0.25, -0.2) is 0 Å². The molecule has 0 saturated carbocycles. The highest BCUT2D eigenvalue weighted by Gasteiger charge is 2.33. The molecule has 19 heavy (non-hydrogen) atoms. The van der Waals surface area contributed by atoms with Gasteiger partial charge in [-0.15, -0.1) is 0 Å². The molecule has 100 valence electrons. The minimum atomic E-state index is -0.544. The normalized spacial score (nSPS) is 18.4. The van der Waals surface area contributed by atoms with E-state index in [4.69, 9.17) is 22.7 Å². The van der Waals surface area contributed by atoms with E-state index in [1.807, 2.05) is 0 Å². The van der Waals surface area contributed by atoms with Crippen LogP contribution in [-0.4, -0.2) is 29.6 Å². The van der Waals surface area contributed by atoms with Crippen LogP contribution >= 0.6 is 12.2 Å². The molecule has 0 radical (unpaired) electrons. The number of nitrogens with one attached hydrogen (secondary N) is 1. The molecule has 1 aromatic carbocycles. The van der Waals surface area contributed by atoms with E-state index in [9.17, 15) is 9.59 Å². The number of benzene rings is 1. The van der Waals surface area contributed by atoms with Crippen LogP contribution in [0.1, 0.15) is 6.92 Å². The van der Waals surface area contributed by atoms with E-state index in [1.54, 1.807) is 31.2 Å². The number of hydrogen-bond acceptors (Lipinski definition) is 4. The summed E-state index contributed by atoms with van der Waals surface area (Å²) >= 11 is 5.10. The van der Waals surface area contributed by atoms with E-state index in [0.29, 0.717) is 16.5 Å². The highest BCUT2D eigenvalue weighted by Crippen LogP contribution is 2.22. The molecule has 1 heterocycles. The number of rotatable bonds is 4. The van der Waals surface area contributed by atoms with Gasteiger partial charge in [0.15, 0.2) is 11.7 Å². The van der Waals surface area contributed by atoms with Crippen LogP contribution in [0.2, 0.25) is 0 Å². The van der Waals surface area contributed by atoms with Crippen LogP contribution in [0.5, 0.6) is 5.75 Å². The lowest BCUT2D eigenvalue weighted by atomic mass is 10.2. The first-order chi connectivity index (χ1) is 8.99. The van der Waals surface area contributed by atoms with Crippen LogP contribution in [0.4, 0.5) is 5.69 Å². The number of primary amides is 1. The Morgan fingerprint density at radius 1 is 1.47 bits per heavy atom. The van der Waals surface area contributed by atoms with E-state index >= 15 is 0 Å². The first-order valence-corrected chi connectivity index (χ1v) is 6.05. The number of nitrogens with zero attached hydrogens (tertiary/aromatic N) is 1. The lowest BCUT2D eigenvalue weighted by molar-refractivity contribution is -0.120. The summed E-state index contributed by atoms with van der Waals surface area (Å²) in [5.74, 6) is -0.144. The van der Waals surface area contributed by atoms with Crippen molar-refractivity contribution in [3.05, 3.63) is 24.3 Å². The lowest BCUT2D eigenvalue weighted by Gasteiger charge is -2.15. The molecule has 3 N–H and O–H groups in total. The first kappa shape index (κ1) is 13.3. The standard InChI is InChI=1S/C12H13N3O3S/c1-7-11(17)15(12(19)14-7)8-2-4-9(5-3-8)18-6-10(13)16/h2-5,7H,6H2,1H3,(H2,13,16)(H,14,19)/t7-/m0/s1. The number of carbonyl (C=O) groups excluding carboxylic acids is 2. The molecule has 1 saturated heterocycles. The van der Waals surface area contributed by atoms with Gasteiger partial charge in [-0.2, -0.15) is 0 Å². The smallest absolute Gasteiger partial charge is 0.255 e. The number of nitrogens with two attached hydrogens (primary N) is 1. The van der Waals surface area contributed by atoms with Gasteiger partial charge in [0.2, 0.25) is 0 Å². The first-order valence-electron chi connectivity index (χ1n) is 5.64. The van der Waals surface area contributed by atoms with E-state index in [-0.39, 0.29) is 18.6 Å². The van der Waals surface area contributed by atoms with Crippen molar-refractivity contribution in [1.82, 2.24) is 5.32 Å². The number of anilines is 1. The van der Waals surface area contributed by atoms with Gasteiger partial charge in [-0.1, -0.05) is 0 Å². The van der Waals surface area contributed by atoms with Gasteiger partial charge in [-0.05, 0) is 43.4 Å². The average Bonchev–Trinajstić information content (AvgIpc) is 2.62. The summed E-state index contributed by atoms with van der Waals surface area (Å²) in [6.07, 6.45) is 0. The Labute approximate surface area is 115 Å². The zero-order valence-electron chi connectivity index (χ0n) is 10.3. The molecule has 1 atom stereocenters. The number of ether oxygens (including phenoxy) is 1. The highest BCUT2D eigenvalue weighted by molar-refractivity contribution is 7.80. The average molecular weight is 279 g/mol. The van der Waals surface area contributed by atoms with Crippen molar-refractivity contribution in [2.75, 3.05) is 11.5 Å². The van der Waals surface area contributed by atoms with Crippen LogP contribution in [0.25, 0.3) is 0 Å². The number of carbonyl (C=O) groups is 2. The van der Waals surface area contributed by atoms with Crippen LogP contribution in [0, 0.1) is 0 Å². The van der Waals surface area contributed by atoms with Crippen LogP contribution in [0.15, 0.2) is 24.3 Å². The number of amides is 2. The van der Waals surface area contributed by atoms with Gasteiger partial charge in [0, 0.05) is 0 Å². The topological polar surface area (TPSA) is 84.7 Å². The molecular formula is C12H13N3O3S. The second-order valence-corrected chi connectivity index (χ2v) is 4.48. The Balaban J connectivity index is 2.12. The molecular weight excluding hydrogens is 266 g/mol. The Kier molecular flexibility index (Phi) is 3.66. The minimum absolute atomic E-state index is 0.101. The molecule has 6 nitrogen and oxygen atoms in total. The number of hydrogen-bond donors (Lipinski definition) is 2. The zero-order valence-corrected chi connectivity index (χ0v) is 11.1. The van der Waals surface area contributed by atoms with Gasteiger partial charge in [0.1, 0.15) is 11.8 Å². The van der Waals surface area contributed by atoms with Crippen molar-refractivity contribution in [3.8, 4) is 5.75 Å². The van der Waals surface area contributed by atoms with E-state index in [1.165, 1.54) is 4.90 Å². The summed E-state index contributed by atoms with van der Waals surface area (Å²) < 4.78 is 5.13. The van der Waals surface area contributed by atoms with E-state index in [2.05, 4.69) is 5.32 Å². The van der Waals surface area contributed by atoms with Gasteiger partial charge in [-0.3, -0.25) is 14.5 Å². The molecule has 2 rings (SSSR count). The van der Waals surface area contributed by atoms with Crippen molar-refractivity contribution >= 4 is 34.8 Å². The lowest BCUT2D eigenvalue weighted by Crippen LogP contribution is -2.30. The third kappa shape index (κ3) is 2.82. The fourth-order valence-electron chi connectivity index (χ4n) is 1.70. The van der Waals surface area contributed by atoms with E-state index in [0.717, 1.165) is 0 Å². The van der Waals surface area contributed by atoms with Crippen molar-refractivity contribution in [1.29, 1.82) is 0 Å². The van der Waals surface area contributed by atoms with E-state index < -0.39 is 5.91 Å². The molecule has 1 aromatic rings. The van der Waals surface area contributed by atoms with Crippen molar-refractivity contribution in [2.24, 2.45) is 5.73 Å². The quantitative estimate of drug-likeness (QED) is 0.767. The predicted molar refractivity (Wildman–Crippen MR) is 73.8 cm³/mol. The highest BCUT2D eigenvalue weighted by atomic mass is 32.1. The summed E-state index contributed by atoms with van der Waals surface area (Å²) in [6.45, 7) is 1.57. The SMILES string of the molecule is C[C@@H]1NC(=S)N(c2ccc(OCC(N)=O)cc2)C1=O. The fourth-order valence-corrected chi connectivity index (χ4v) is 2.07. The fraction of sp³-hybridized carbons (Fsp3) is 0.250. The van der Waals surface area contributed by atoms with Gasteiger partial charge in [0.05, 0.1) is 5.69 Å². The monoisotopic (exact) mass is 279 g/mol. The Morgan fingerprint density at radius 3 is 2.58 bits per heavy atom. The molecule has 0 spiro atoms. The molecule has 0 aromatic heterocycles. The summed E-state index contributed by atoms with van der Waals surface area (Å²) in [6, 6.07) is 6.37. The molecule has 1 fully saturated rings. The van der Waals surface area contributed by atoms with Crippen molar-refractivity contribution < 1.29 is 14.3 Å². The minimum Gasteiger partial charge on any atom is -0.484 e. The Hall–Kier alpha value is -2.15. The van der Waals surface area contributed by atoms with Crippen molar-refractivity contribution in [2.45, 2.75) is 13.0 Å². The van der Waals surface area contributed by atoms with Crippen LogP contribution < -0.4 is 20.7 Å². The van der Waals surface area contributed by atoms with Crippen molar-refractivity contribution in [3.63, 3.8) is 0 Å². The third-order valence-electron chi connectivity index (χ3n) is 2.61. The zero-order chi connectivity index (χ0) is 14.0. The molecule has 0 unspecified atom stereocenters. The third-order valence-corrected chi connectivity index (χ3v) is 2.91. The summed E-state index contributed by atoms with van der Waals surface area (Å²) in [5.41, 5.74) is 5.63. The second-order valence-electron chi connectivity index (χ2n) is 4.09. The molecule has 2 amide bonds. The predicted octanol–water partition coefficient (Wildman–Crippen LogP) is 0.160. The maximum absolute atomic E-state index is 11.9. The summed E-state index contributed by atoms with van der Waals surface area (Å²) in [4.78, 5) is 23.9. The maximum atomic E-state index is 11.9. The number of thiocarbonyl (C=S) groups is 1. The van der Waals surface area contributed by atoms with Gasteiger partial charge < -0.3 is 15.8 Å². The molecule has 1 aliphatic heterocycles. The summed E-state index contributed by atoms with van der Waals surface area (Å²) in [7, 11) is 0. The van der Waals surface area contributed by atoms with Crippen LogP contribution in [0.3, 0.4) is 0 Å². The molecule has 7 heteroatoms. The molecule has 1 aliphatic rings. The second kappa shape index (κ2) is 5.23. The largest absolute Gasteiger partial charge is 0.484 e. The Morgan fingerprint density at radius 2 is 2.11 bits per heavy atom. The van der Waals surface area contributed by atoms with Crippen LogP contribution in [-0.2, 0) is 9.59 Å². The summed E-state index contributed by atoms with van der Waals surface area (Å²) in [5, 5.41) is 3.26. The van der Waals surface area contributed by atoms with Gasteiger partial charge >= 0.3 is 0 Å².